The van der Waals surface area contributed by atoms with E-state index in [1.54, 1.807) is 0 Å². The Kier molecular flexibility index (Phi) is 2.95. The first-order chi connectivity index (χ1) is 6.24. The molecule has 1 aromatic carbocycles. The van der Waals surface area contributed by atoms with Gasteiger partial charge in [0.15, 0.2) is 0 Å². The van der Waals surface area contributed by atoms with Crippen LogP contribution in [0.25, 0.3) is 0 Å². The van der Waals surface area contributed by atoms with Gasteiger partial charge in [0, 0.05) is 11.3 Å². The van der Waals surface area contributed by atoms with Crippen molar-refractivity contribution in [3.8, 4) is 17.9 Å². The zero-order valence-electron chi connectivity index (χ0n) is 7.46. The fourth-order valence-corrected chi connectivity index (χ4v) is 0.939. The van der Waals surface area contributed by atoms with Crippen molar-refractivity contribution >= 4 is 5.69 Å². The average molecular weight is 170 g/mol. The molecule has 0 spiro atoms. The highest BCUT2D eigenvalue weighted by Crippen LogP contribution is 2.11. The Labute approximate surface area is 78.0 Å². The van der Waals surface area contributed by atoms with Crippen LogP contribution in [0.2, 0.25) is 0 Å². The molecule has 0 radical (unpaired) electrons. The lowest BCUT2D eigenvalue weighted by Crippen LogP contribution is -1.89. The van der Waals surface area contributed by atoms with Gasteiger partial charge in [-0.1, -0.05) is 11.8 Å². The second kappa shape index (κ2) is 4.18. The largest absolute Gasteiger partial charge is 0.399 e. The van der Waals surface area contributed by atoms with E-state index in [1.165, 1.54) is 0 Å². The molecule has 0 aromatic heterocycles. The molecule has 0 saturated heterocycles. The Morgan fingerprint density at radius 3 is 2.85 bits per heavy atom. The van der Waals surface area contributed by atoms with Crippen molar-refractivity contribution in [1.29, 1.82) is 5.26 Å². The molecule has 0 heterocycles. The summed E-state index contributed by atoms with van der Waals surface area (Å²) in [6.07, 6.45) is 0.267. The van der Waals surface area contributed by atoms with Crippen molar-refractivity contribution in [2.24, 2.45) is 0 Å². The number of aryl methyl sites for hydroxylation is 1. The van der Waals surface area contributed by atoms with Gasteiger partial charge in [0.2, 0.25) is 0 Å². The van der Waals surface area contributed by atoms with Crippen LogP contribution in [0.15, 0.2) is 18.2 Å². The van der Waals surface area contributed by atoms with Crippen LogP contribution in [0.5, 0.6) is 0 Å². The van der Waals surface area contributed by atoms with Crippen LogP contribution >= 0.6 is 0 Å². The predicted molar refractivity (Wildman–Crippen MR) is 52.7 cm³/mol. The fourth-order valence-electron chi connectivity index (χ4n) is 0.939. The molecule has 0 aliphatic rings. The van der Waals surface area contributed by atoms with Gasteiger partial charge < -0.3 is 5.73 Å². The van der Waals surface area contributed by atoms with Gasteiger partial charge >= 0.3 is 0 Å². The summed E-state index contributed by atoms with van der Waals surface area (Å²) >= 11 is 0. The third kappa shape index (κ3) is 2.54. The summed E-state index contributed by atoms with van der Waals surface area (Å²) in [5.41, 5.74) is 8.33. The molecule has 2 heteroatoms. The quantitative estimate of drug-likeness (QED) is 0.477. The minimum absolute atomic E-state index is 0.267. The Balaban J connectivity index is 2.89. The molecule has 1 aromatic rings. The van der Waals surface area contributed by atoms with Crippen LogP contribution in [0.1, 0.15) is 17.5 Å². The minimum atomic E-state index is 0.267. The molecular formula is C11H10N2. The van der Waals surface area contributed by atoms with Crippen LogP contribution in [0.4, 0.5) is 5.69 Å². The summed E-state index contributed by atoms with van der Waals surface area (Å²) < 4.78 is 0. The van der Waals surface area contributed by atoms with Crippen molar-refractivity contribution in [2.75, 3.05) is 5.73 Å². The first-order valence-electron chi connectivity index (χ1n) is 3.96. The van der Waals surface area contributed by atoms with E-state index in [2.05, 4.69) is 11.8 Å². The second-order valence-electron chi connectivity index (χ2n) is 2.71. The standard InChI is InChI=1S/C11H10N2/c1-9-8-10(4-2-3-7-12)5-6-11(9)13/h5-6,8H,3,13H2,1H3. The summed E-state index contributed by atoms with van der Waals surface area (Å²) in [5, 5.41) is 8.27. The minimum Gasteiger partial charge on any atom is -0.399 e. The van der Waals surface area contributed by atoms with E-state index in [1.807, 2.05) is 31.2 Å². The number of benzene rings is 1. The highest BCUT2D eigenvalue weighted by atomic mass is 14.5. The maximum absolute atomic E-state index is 8.27. The van der Waals surface area contributed by atoms with Crippen LogP contribution in [0, 0.1) is 30.1 Å². The Morgan fingerprint density at radius 2 is 2.23 bits per heavy atom. The molecule has 64 valence electrons. The maximum atomic E-state index is 8.27. The number of anilines is 1. The fraction of sp³-hybridized carbons (Fsp3) is 0.182. The Bertz CT molecular complexity index is 402. The lowest BCUT2D eigenvalue weighted by Gasteiger charge is -1.98. The van der Waals surface area contributed by atoms with E-state index in [0.29, 0.717) is 0 Å². The van der Waals surface area contributed by atoms with Crippen LogP contribution in [-0.2, 0) is 0 Å². The van der Waals surface area contributed by atoms with Crippen LogP contribution in [-0.4, -0.2) is 0 Å². The lowest BCUT2D eigenvalue weighted by molar-refractivity contribution is 1.39. The number of hydrogen-bond donors (Lipinski definition) is 1. The molecule has 0 atom stereocenters. The van der Waals surface area contributed by atoms with Crippen molar-refractivity contribution in [1.82, 2.24) is 0 Å². The third-order valence-electron chi connectivity index (χ3n) is 1.67. The van der Waals surface area contributed by atoms with E-state index in [-0.39, 0.29) is 6.42 Å². The molecule has 0 fully saturated rings. The molecule has 0 aliphatic heterocycles. The Morgan fingerprint density at radius 1 is 1.46 bits per heavy atom. The van der Waals surface area contributed by atoms with E-state index in [4.69, 9.17) is 11.0 Å². The zero-order valence-corrected chi connectivity index (χ0v) is 7.46. The molecule has 2 nitrogen and oxygen atoms in total. The van der Waals surface area contributed by atoms with Gasteiger partial charge in [-0.05, 0) is 30.7 Å². The monoisotopic (exact) mass is 170 g/mol. The summed E-state index contributed by atoms with van der Waals surface area (Å²) in [7, 11) is 0. The highest BCUT2D eigenvalue weighted by Gasteiger charge is 1.92. The topological polar surface area (TPSA) is 49.8 Å². The predicted octanol–water partition coefficient (Wildman–Crippen LogP) is 1.84. The summed E-state index contributed by atoms with van der Waals surface area (Å²) in [6.45, 7) is 1.94. The first-order valence-corrected chi connectivity index (χ1v) is 3.96. The van der Waals surface area contributed by atoms with Gasteiger partial charge in [-0.2, -0.15) is 5.26 Å². The van der Waals surface area contributed by atoms with Gasteiger partial charge in [-0.15, -0.1) is 0 Å². The van der Waals surface area contributed by atoms with E-state index in [0.717, 1.165) is 16.8 Å². The van der Waals surface area contributed by atoms with E-state index >= 15 is 0 Å². The molecule has 0 unspecified atom stereocenters. The zero-order chi connectivity index (χ0) is 9.68. The van der Waals surface area contributed by atoms with Crippen LogP contribution < -0.4 is 5.73 Å². The van der Waals surface area contributed by atoms with E-state index in [9.17, 15) is 0 Å². The third-order valence-corrected chi connectivity index (χ3v) is 1.67. The molecular weight excluding hydrogens is 160 g/mol. The van der Waals surface area contributed by atoms with Gasteiger partial charge in [-0.3, -0.25) is 0 Å². The second-order valence-corrected chi connectivity index (χ2v) is 2.71. The molecule has 2 N–H and O–H groups in total. The van der Waals surface area contributed by atoms with Crippen molar-refractivity contribution in [3.05, 3.63) is 29.3 Å². The van der Waals surface area contributed by atoms with Crippen molar-refractivity contribution in [2.45, 2.75) is 13.3 Å². The number of nitrogens with two attached hydrogens (primary N) is 1. The van der Waals surface area contributed by atoms with Crippen molar-refractivity contribution in [3.63, 3.8) is 0 Å². The lowest BCUT2D eigenvalue weighted by atomic mass is 10.1. The number of nitrogen functional groups attached to an aromatic ring is 1. The summed E-state index contributed by atoms with van der Waals surface area (Å²) in [4.78, 5) is 0. The van der Waals surface area contributed by atoms with Gasteiger partial charge in [-0.25, -0.2) is 0 Å². The summed E-state index contributed by atoms with van der Waals surface area (Å²) in [6, 6.07) is 7.56. The summed E-state index contributed by atoms with van der Waals surface area (Å²) in [5.74, 6) is 5.63. The molecule has 0 saturated carbocycles. The Hall–Kier alpha value is -1.93. The number of nitrogens with zero attached hydrogens (tertiary/aromatic N) is 1. The average Bonchev–Trinajstić information content (AvgIpc) is 2.12. The first kappa shape index (κ1) is 9.16. The van der Waals surface area contributed by atoms with Crippen molar-refractivity contribution < 1.29 is 0 Å². The van der Waals surface area contributed by atoms with Gasteiger partial charge in [0.25, 0.3) is 0 Å². The van der Waals surface area contributed by atoms with E-state index < -0.39 is 0 Å². The normalized spacial score (nSPS) is 8.31. The van der Waals surface area contributed by atoms with Gasteiger partial charge in [0.05, 0.1) is 12.5 Å². The smallest absolute Gasteiger partial charge is 0.0966 e. The highest BCUT2D eigenvalue weighted by molar-refractivity contribution is 5.51. The maximum Gasteiger partial charge on any atom is 0.0966 e. The molecule has 13 heavy (non-hydrogen) atoms. The number of nitriles is 1. The number of rotatable bonds is 0. The molecule has 0 amide bonds. The van der Waals surface area contributed by atoms with Gasteiger partial charge in [0.1, 0.15) is 0 Å². The molecule has 1 rings (SSSR count). The number of hydrogen-bond acceptors (Lipinski definition) is 2. The molecule has 0 bridgehead atoms. The SMILES string of the molecule is Cc1cc(C#CCC#N)ccc1N. The molecule has 0 aliphatic carbocycles. The van der Waals surface area contributed by atoms with Crippen LogP contribution in [0.3, 0.4) is 0 Å².